The van der Waals surface area contributed by atoms with Gasteiger partial charge in [0.2, 0.25) is 0 Å². The van der Waals surface area contributed by atoms with Crippen LogP contribution < -0.4 is 14.2 Å². The number of aldehydes is 1. The van der Waals surface area contributed by atoms with Gasteiger partial charge in [-0.1, -0.05) is 0 Å². The van der Waals surface area contributed by atoms with Crippen molar-refractivity contribution in [2.45, 2.75) is 0 Å². The Hall–Kier alpha value is -2.56. The van der Waals surface area contributed by atoms with E-state index in [2.05, 4.69) is 0 Å². The van der Waals surface area contributed by atoms with Gasteiger partial charge in [-0.2, -0.15) is 0 Å². The van der Waals surface area contributed by atoms with E-state index in [9.17, 15) is 9.18 Å². The second-order valence-corrected chi connectivity index (χ2v) is 4.27. The molecule has 0 aliphatic heterocycles. The van der Waals surface area contributed by atoms with Crippen molar-refractivity contribution < 1.29 is 23.4 Å². The Morgan fingerprint density at radius 3 is 2.19 bits per heavy atom. The molecule has 21 heavy (non-hydrogen) atoms. The largest absolute Gasteiger partial charge is 0.496 e. The van der Waals surface area contributed by atoms with Gasteiger partial charge in [0, 0.05) is 16.7 Å². The van der Waals surface area contributed by atoms with E-state index >= 15 is 0 Å². The first-order valence-electron chi connectivity index (χ1n) is 6.19. The van der Waals surface area contributed by atoms with Gasteiger partial charge in [-0.3, -0.25) is 4.79 Å². The Morgan fingerprint density at radius 2 is 1.62 bits per heavy atom. The van der Waals surface area contributed by atoms with Crippen LogP contribution in [0.25, 0.3) is 11.1 Å². The summed E-state index contributed by atoms with van der Waals surface area (Å²) in [6.45, 7) is 0. The van der Waals surface area contributed by atoms with Crippen LogP contribution in [0.2, 0.25) is 0 Å². The topological polar surface area (TPSA) is 44.8 Å². The second-order valence-electron chi connectivity index (χ2n) is 4.27. The van der Waals surface area contributed by atoms with Gasteiger partial charge in [-0.05, 0) is 30.3 Å². The molecule has 0 aliphatic rings. The fraction of sp³-hybridized carbons (Fsp3) is 0.188. The average molecular weight is 290 g/mol. The van der Waals surface area contributed by atoms with Crippen LogP contribution in [-0.2, 0) is 0 Å². The molecule has 0 bridgehead atoms. The van der Waals surface area contributed by atoms with Crippen molar-refractivity contribution in [1.29, 1.82) is 0 Å². The Balaban J connectivity index is 2.78. The van der Waals surface area contributed by atoms with Gasteiger partial charge >= 0.3 is 0 Å². The molecule has 0 amide bonds. The number of ether oxygens (including phenoxy) is 3. The van der Waals surface area contributed by atoms with E-state index in [0.29, 0.717) is 40.2 Å². The second kappa shape index (κ2) is 6.26. The highest BCUT2D eigenvalue weighted by atomic mass is 19.1. The number of hydrogen-bond donors (Lipinski definition) is 0. The Morgan fingerprint density at radius 1 is 0.905 bits per heavy atom. The van der Waals surface area contributed by atoms with E-state index in [1.807, 2.05) is 0 Å². The zero-order valence-electron chi connectivity index (χ0n) is 12.0. The molecular formula is C16H15FO4. The molecule has 0 radical (unpaired) electrons. The van der Waals surface area contributed by atoms with Gasteiger partial charge in [0.25, 0.3) is 0 Å². The third-order valence-electron chi connectivity index (χ3n) is 3.09. The van der Waals surface area contributed by atoms with Gasteiger partial charge in [-0.25, -0.2) is 4.39 Å². The summed E-state index contributed by atoms with van der Waals surface area (Å²) < 4.78 is 29.4. The van der Waals surface area contributed by atoms with Gasteiger partial charge in [0.05, 0.1) is 21.3 Å². The van der Waals surface area contributed by atoms with Gasteiger partial charge in [0.1, 0.15) is 17.9 Å². The SMILES string of the molecule is COc1ccc(F)cc1-c1cc(C=O)cc(OC)c1OC. The highest BCUT2D eigenvalue weighted by molar-refractivity contribution is 5.86. The lowest BCUT2D eigenvalue weighted by Crippen LogP contribution is -1.97. The van der Waals surface area contributed by atoms with Crippen molar-refractivity contribution in [2.75, 3.05) is 21.3 Å². The maximum absolute atomic E-state index is 13.6. The van der Waals surface area contributed by atoms with E-state index in [1.165, 1.54) is 39.5 Å². The molecular weight excluding hydrogens is 275 g/mol. The van der Waals surface area contributed by atoms with Crippen molar-refractivity contribution in [3.8, 4) is 28.4 Å². The Labute approximate surface area is 122 Å². The molecule has 5 heteroatoms. The van der Waals surface area contributed by atoms with E-state index in [0.717, 1.165) is 0 Å². The fourth-order valence-electron chi connectivity index (χ4n) is 2.14. The normalized spacial score (nSPS) is 10.1. The summed E-state index contributed by atoms with van der Waals surface area (Å²) in [5, 5.41) is 0. The minimum Gasteiger partial charge on any atom is -0.496 e. The summed E-state index contributed by atoms with van der Waals surface area (Å²) in [7, 11) is 4.44. The van der Waals surface area contributed by atoms with Crippen molar-refractivity contribution in [2.24, 2.45) is 0 Å². The standard InChI is InChI=1S/C16H15FO4/c1-19-14-5-4-11(17)8-12(14)13-6-10(9-18)7-15(20-2)16(13)21-3/h4-9H,1-3H3. The number of hydrogen-bond acceptors (Lipinski definition) is 4. The maximum Gasteiger partial charge on any atom is 0.168 e. The minimum absolute atomic E-state index is 0.392. The van der Waals surface area contributed by atoms with E-state index in [-0.39, 0.29) is 0 Å². The smallest absolute Gasteiger partial charge is 0.168 e. The highest BCUT2D eigenvalue weighted by Crippen LogP contribution is 2.42. The molecule has 2 aromatic carbocycles. The maximum atomic E-state index is 13.6. The number of rotatable bonds is 5. The van der Waals surface area contributed by atoms with Crippen LogP contribution >= 0.6 is 0 Å². The molecule has 0 aliphatic carbocycles. The number of benzene rings is 2. The fourth-order valence-corrected chi connectivity index (χ4v) is 2.14. The molecule has 110 valence electrons. The van der Waals surface area contributed by atoms with Crippen molar-refractivity contribution >= 4 is 6.29 Å². The summed E-state index contributed by atoms with van der Waals surface area (Å²) in [5.74, 6) is 0.860. The van der Waals surface area contributed by atoms with Crippen LogP contribution in [0, 0.1) is 5.82 Å². The molecule has 0 saturated carbocycles. The number of methoxy groups -OCH3 is 3. The number of carbonyl (C=O) groups is 1. The summed E-state index contributed by atoms with van der Waals surface area (Å²) in [6, 6.07) is 7.30. The average Bonchev–Trinajstić information content (AvgIpc) is 2.53. The molecule has 0 saturated heterocycles. The molecule has 0 aromatic heterocycles. The summed E-state index contributed by atoms with van der Waals surface area (Å²) in [5.41, 5.74) is 1.40. The number of carbonyl (C=O) groups excluding carboxylic acids is 1. The summed E-state index contributed by atoms with van der Waals surface area (Å²) in [6.07, 6.45) is 0.692. The first-order chi connectivity index (χ1) is 10.1. The van der Waals surface area contributed by atoms with Crippen molar-refractivity contribution in [1.82, 2.24) is 0 Å². The van der Waals surface area contributed by atoms with E-state index < -0.39 is 5.82 Å². The predicted octanol–water partition coefficient (Wildman–Crippen LogP) is 3.33. The zero-order valence-corrected chi connectivity index (χ0v) is 12.0. The molecule has 0 atom stereocenters. The van der Waals surface area contributed by atoms with Crippen LogP contribution in [0.3, 0.4) is 0 Å². The summed E-state index contributed by atoms with van der Waals surface area (Å²) >= 11 is 0. The Bertz CT molecular complexity index is 668. The quantitative estimate of drug-likeness (QED) is 0.792. The first-order valence-corrected chi connectivity index (χ1v) is 6.19. The zero-order chi connectivity index (χ0) is 15.4. The van der Waals surface area contributed by atoms with Crippen molar-refractivity contribution in [3.05, 3.63) is 41.7 Å². The van der Waals surface area contributed by atoms with Gasteiger partial charge < -0.3 is 14.2 Å². The molecule has 0 spiro atoms. The monoisotopic (exact) mass is 290 g/mol. The lowest BCUT2D eigenvalue weighted by atomic mass is 10.00. The lowest BCUT2D eigenvalue weighted by Gasteiger charge is -2.16. The molecule has 0 N–H and O–H groups in total. The molecule has 0 fully saturated rings. The predicted molar refractivity (Wildman–Crippen MR) is 76.9 cm³/mol. The molecule has 2 aromatic rings. The molecule has 4 nitrogen and oxygen atoms in total. The van der Waals surface area contributed by atoms with Crippen LogP contribution in [0.15, 0.2) is 30.3 Å². The van der Waals surface area contributed by atoms with Gasteiger partial charge in [0.15, 0.2) is 11.5 Å². The van der Waals surface area contributed by atoms with E-state index in [4.69, 9.17) is 14.2 Å². The van der Waals surface area contributed by atoms with Crippen LogP contribution in [0.1, 0.15) is 10.4 Å². The summed E-state index contributed by atoms with van der Waals surface area (Å²) in [4.78, 5) is 11.1. The molecule has 0 unspecified atom stereocenters. The third-order valence-corrected chi connectivity index (χ3v) is 3.09. The van der Waals surface area contributed by atoms with Crippen LogP contribution in [-0.4, -0.2) is 27.6 Å². The van der Waals surface area contributed by atoms with E-state index in [1.54, 1.807) is 12.1 Å². The Kier molecular flexibility index (Phi) is 4.42. The number of halogens is 1. The van der Waals surface area contributed by atoms with Crippen LogP contribution in [0.5, 0.6) is 17.2 Å². The van der Waals surface area contributed by atoms with Crippen molar-refractivity contribution in [3.63, 3.8) is 0 Å². The lowest BCUT2D eigenvalue weighted by molar-refractivity contribution is 0.112. The highest BCUT2D eigenvalue weighted by Gasteiger charge is 2.17. The minimum atomic E-state index is -0.414. The molecule has 2 rings (SSSR count). The first kappa shape index (κ1) is 14.8. The third kappa shape index (κ3) is 2.81. The molecule has 0 heterocycles. The van der Waals surface area contributed by atoms with Gasteiger partial charge in [-0.15, -0.1) is 0 Å². The van der Waals surface area contributed by atoms with Crippen LogP contribution in [0.4, 0.5) is 4.39 Å².